The highest BCUT2D eigenvalue weighted by molar-refractivity contribution is 9.10. The van der Waals surface area contributed by atoms with E-state index in [1.165, 1.54) is 5.56 Å². The first-order chi connectivity index (χ1) is 18.6. The van der Waals surface area contributed by atoms with E-state index in [0.29, 0.717) is 34.9 Å². The minimum Gasteiger partial charge on any atom is -0.493 e. The van der Waals surface area contributed by atoms with Crippen molar-refractivity contribution in [3.63, 3.8) is 0 Å². The molecule has 3 N–H and O–H groups in total. The molecule has 39 heavy (non-hydrogen) atoms. The average molecular weight is 611 g/mol. The quantitative estimate of drug-likeness (QED) is 0.160. The van der Waals surface area contributed by atoms with Gasteiger partial charge in [-0.15, -0.1) is 0 Å². The number of halogens is 1. The van der Waals surface area contributed by atoms with Gasteiger partial charge in [0, 0.05) is 21.4 Å². The number of nitrogens with one attached hydrogen (secondary N) is 3. The number of thiocarbonyl (C=S) groups is 1. The first-order valence-electron chi connectivity index (χ1n) is 13.1. The molecule has 0 aromatic heterocycles. The van der Waals surface area contributed by atoms with Crippen LogP contribution in [0.3, 0.4) is 0 Å². The largest absolute Gasteiger partial charge is 0.493 e. The van der Waals surface area contributed by atoms with E-state index >= 15 is 0 Å². The summed E-state index contributed by atoms with van der Waals surface area (Å²) in [6, 6.07) is 20.1. The lowest BCUT2D eigenvalue weighted by Gasteiger charge is -2.19. The molecule has 3 rings (SSSR count). The van der Waals surface area contributed by atoms with Crippen LogP contribution in [0.4, 0.5) is 11.4 Å². The number of anilines is 2. The van der Waals surface area contributed by atoms with Crippen LogP contribution in [0.1, 0.15) is 79.7 Å². The number of hydrogen-bond acceptors (Lipinski definition) is 4. The Morgan fingerprint density at radius 3 is 2.10 bits per heavy atom. The van der Waals surface area contributed by atoms with E-state index in [4.69, 9.17) is 17.0 Å². The van der Waals surface area contributed by atoms with Crippen molar-refractivity contribution in [1.82, 2.24) is 5.32 Å². The van der Waals surface area contributed by atoms with Crippen molar-refractivity contribution >= 4 is 56.4 Å². The minimum absolute atomic E-state index is 0.0276. The molecule has 206 valence electrons. The number of unbranched alkanes of at least 4 members (excludes halogenated alkanes) is 3. The Bertz CT molecular complexity index is 1290. The molecule has 0 saturated heterocycles. The predicted octanol–water partition coefficient (Wildman–Crippen LogP) is 8.08. The highest BCUT2D eigenvalue weighted by atomic mass is 79.9. The first-order valence-corrected chi connectivity index (χ1v) is 14.3. The van der Waals surface area contributed by atoms with E-state index in [1.807, 2.05) is 30.3 Å². The van der Waals surface area contributed by atoms with Gasteiger partial charge >= 0.3 is 0 Å². The highest BCUT2D eigenvalue weighted by Gasteiger charge is 2.16. The summed E-state index contributed by atoms with van der Waals surface area (Å²) < 4.78 is 6.65. The molecule has 0 unspecified atom stereocenters. The molecule has 3 aromatic carbocycles. The lowest BCUT2D eigenvalue weighted by molar-refractivity contribution is 0.0972. The topological polar surface area (TPSA) is 79.5 Å². The van der Waals surface area contributed by atoms with Gasteiger partial charge in [0.1, 0.15) is 5.75 Å². The van der Waals surface area contributed by atoms with Gasteiger partial charge in [0.15, 0.2) is 5.11 Å². The van der Waals surface area contributed by atoms with E-state index in [9.17, 15) is 9.59 Å². The number of benzene rings is 3. The maximum Gasteiger partial charge on any atom is 0.261 e. The summed E-state index contributed by atoms with van der Waals surface area (Å²) in [4.78, 5) is 25.6. The fraction of sp³-hybridized carbons (Fsp3) is 0.323. The second-order valence-corrected chi connectivity index (χ2v) is 11.6. The van der Waals surface area contributed by atoms with Crippen molar-refractivity contribution < 1.29 is 14.3 Å². The molecular weight excluding hydrogens is 574 g/mol. The zero-order valence-electron chi connectivity index (χ0n) is 22.9. The summed E-state index contributed by atoms with van der Waals surface area (Å²) in [6.07, 6.45) is 4.34. The SMILES string of the molecule is CCCCCCOc1ccc(Br)cc1C(=O)NC(=S)Nc1ccc(NC(=O)c2ccc(C(C)(C)C)cc2)cc1. The summed E-state index contributed by atoms with van der Waals surface area (Å²) in [6.45, 7) is 9.12. The van der Waals surface area contributed by atoms with Gasteiger partial charge in [-0.2, -0.15) is 0 Å². The standard InChI is InChI=1S/C31H36BrN3O3S/c1-5-6-7-8-19-38-27-18-13-23(32)20-26(27)29(37)35-30(39)34-25-16-14-24(15-17-25)33-28(36)21-9-11-22(12-10-21)31(2,3)4/h9-18,20H,5-8,19H2,1-4H3,(H,33,36)(H2,34,35,37,39). The predicted molar refractivity (Wildman–Crippen MR) is 167 cm³/mol. The second kappa shape index (κ2) is 14.2. The number of carbonyl (C=O) groups is 2. The molecule has 0 radical (unpaired) electrons. The Labute approximate surface area is 245 Å². The number of rotatable bonds is 10. The Balaban J connectivity index is 1.55. The molecule has 2 amide bonds. The third-order valence-electron chi connectivity index (χ3n) is 6.08. The summed E-state index contributed by atoms with van der Waals surface area (Å²) in [5.74, 6) is -0.0294. The zero-order valence-corrected chi connectivity index (χ0v) is 25.3. The van der Waals surface area contributed by atoms with Gasteiger partial charge in [0.05, 0.1) is 12.2 Å². The van der Waals surface area contributed by atoms with Crippen LogP contribution in [0.25, 0.3) is 0 Å². The van der Waals surface area contributed by atoms with Crippen LogP contribution in [-0.4, -0.2) is 23.5 Å². The van der Waals surface area contributed by atoms with Gasteiger partial charge in [-0.3, -0.25) is 14.9 Å². The molecule has 0 heterocycles. The maximum absolute atomic E-state index is 13.0. The van der Waals surface area contributed by atoms with Crippen LogP contribution in [0, 0.1) is 0 Å². The summed E-state index contributed by atoms with van der Waals surface area (Å²) in [5.41, 5.74) is 3.51. The van der Waals surface area contributed by atoms with Crippen LogP contribution >= 0.6 is 28.1 Å². The summed E-state index contributed by atoms with van der Waals surface area (Å²) >= 11 is 8.78. The Morgan fingerprint density at radius 2 is 1.49 bits per heavy atom. The smallest absolute Gasteiger partial charge is 0.261 e. The minimum atomic E-state index is -0.362. The van der Waals surface area contributed by atoms with Crippen molar-refractivity contribution in [2.45, 2.75) is 58.8 Å². The van der Waals surface area contributed by atoms with Crippen LogP contribution in [0.5, 0.6) is 5.75 Å². The van der Waals surface area contributed by atoms with Gasteiger partial charge in [0.2, 0.25) is 0 Å². The molecule has 6 nitrogen and oxygen atoms in total. The van der Waals surface area contributed by atoms with Crippen molar-refractivity contribution in [2.24, 2.45) is 0 Å². The van der Waals surface area contributed by atoms with Crippen molar-refractivity contribution in [2.75, 3.05) is 17.2 Å². The molecule has 0 fully saturated rings. The molecule has 0 atom stereocenters. The molecule has 8 heteroatoms. The van der Waals surface area contributed by atoms with Gasteiger partial charge in [-0.1, -0.05) is 75.0 Å². The van der Waals surface area contributed by atoms with E-state index in [2.05, 4.69) is 59.6 Å². The van der Waals surface area contributed by atoms with Gasteiger partial charge in [0.25, 0.3) is 11.8 Å². The van der Waals surface area contributed by atoms with E-state index < -0.39 is 0 Å². The molecular formula is C31H36BrN3O3S. The molecule has 0 aliphatic carbocycles. The first kappa shape index (κ1) is 30.3. The number of amides is 2. The maximum atomic E-state index is 13.0. The van der Waals surface area contributed by atoms with Gasteiger partial charge in [-0.05, 0) is 84.2 Å². The van der Waals surface area contributed by atoms with Crippen LogP contribution in [0.15, 0.2) is 71.2 Å². The third-order valence-corrected chi connectivity index (χ3v) is 6.78. The van der Waals surface area contributed by atoms with E-state index in [0.717, 1.165) is 30.2 Å². The highest BCUT2D eigenvalue weighted by Crippen LogP contribution is 2.25. The fourth-order valence-corrected chi connectivity index (χ4v) is 4.38. The Hall–Kier alpha value is -3.23. The molecule has 0 spiro atoms. The van der Waals surface area contributed by atoms with Crippen molar-refractivity contribution in [3.05, 3.63) is 87.9 Å². The van der Waals surface area contributed by atoms with Gasteiger partial charge in [-0.25, -0.2) is 0 Å². The summed E-state index contributed by atoms with van der Waals surface area (Å²) in [5, 5.41) is 8.79. The molecule has 3 aromatic rings. The Morgan fingerprint density at radius 1 is 0.846 bits per heavy atom. The van der Waals surface area contributed by atoms with Crippen LogP contribution < -0.4 is 20.7 Å². The number of ether oxygens (including phenoxy) is 1. The average Bonchev–Trinajstić information content (AvgIpc) is 2.90. The third kappa shape index (κ3) is 9.48. The van der Waals surface area contributed by atoms with Crippen LogP contribution in [0.2, 0.25) is 0 Å². The fourth-order valence-electron chi connectivity index (χ4n) is 3.81. The number of carbonyl (C=O) groups excluding carboxylic acids is 2. The second-order valence-electron chi connectivity index (χ2n) is 10.3. The zero-order chi connectivity index (χ0) is 28.4. The molecule has 0 saturated carbocycles. The molecule has 0 aliphatic heterocycles. The normalized spacial score (nSPS) is 11.0. The van der Waals surface area contributed by atoms with Gasteiger partial charge < -0.3 is 15.4 Å². The van der Waals surface area contributed by atoms with Crippen molar-refractivity contribution in [3.8, 4) is 5.75 Å². The van der Waals surface area contributed by atoms with Crippen LogP contribution in [-0.2, 0) is 5.41 Å². The van der Waals surface area contributed by atoms with E-state index in [-0.39, 0.29) is 22.3 Å². The lowest BCUT2D eigenvalue weighted by Crippen LogP contribution is -2.34. The molecule has 0 aliphatic rings. The number of hydrogen-bond donors (Lipinski definition) is 3. The summed E-state index contributed by atoms with van der Waals surface area (Å²) in [7, 11) is 0. The van der Waals surface area contributed by atoms with E-state index in [1.54, 1.807) is 36.4 Å². The van der Waals surface area contributed by atoms with Crippen molar-refractivity contribution in [1.29, 1.82) is 0 Å². The molecule has 0 bridgehead atoms. The lowest BCUT2D eigenvalue weighted by atomic mass is 9.87. The Kier molecular flexibility index (Phi) is 11.1. The monoisotopic (exact) mass is 609 g/mol.